The molecule has 1 amide bonds. The van der Waals surface area contributed by atoms with E-state index >= 15 is 0 Å². The SMILES string of the molecule is O=C(CCc1cnc[nH]1)N1CCCCCO1. The zero-order valence-electron chi connectivity index (χ0n) is 9.32. The molecule has 1 aromatic rings. The first-order chi connectivity index (χ1) is 7.86. The molecule has 0 spiro atoms. The lowest BCUT2D eigenvalue weighted by molar-refractivity contribution is -0.183. The number of hydrogen-bond acceptors (Lipinski definition) is 3. The number of hydrogen-bond donors (Lipinski definition) is 1. The molecule has 0 radical (unpaired) electrons. The van der Waals surface area contributed by atoms with E-state index in [2.05, 4.69) is 9.97 Å². The number of hydroxylamine groups is 2. The molecule has 88 valence electrons. The molecule has 5 nitrogen and oxygen atoms in total. The number of H-pyrrole nitrogens is 1. The van der Waals surface area contributed by atoms with Crippen LogP contribution in [0.1, 0.15) is 31.4 Å². The highest BCUT2D eigenvalue weighted by atomic mass is 16.7. The quantitative estimate of drug-likeness (QED) is 0.840. The Hall–Kier alpha value is -1.36. The summed E-state index contributed by atoms with van der Waals surface area (Å²) < 4.78 is 0. The number of carbonyl (C=O) groups excluding carboxylic acids is 1. The largest absolute Gasteiger partial charge is 0.348 e. The van der Waals surface area contributed by atoms with Crippen molar-refractivity contribution in [2.45, 2.75) is 32.1 Å². The van der Waals surface area contributed by atoms with Crippen molar-refractivity contribution >= 4 is 5.91 Å². The summed E-state index contributed by atoms with van der Waals surface area (Å²) in [5.74, 6) is 0.0662. The Morgan fingerprint density at radius 3 is 3.25 bits per heavy atom. The van der Waals surface area contributed by atoms with E-state index in [1.54, 1.807) is 12.5 Å². The molecule has 0 aliphatic carbocycles. The van der Waals surface area contributed by atoms with Gasteiger partial charge in [0.05, 0.1) is 12.9 Å². The second kappa shape index (κ2) is 5.65. The smallest absolute Gasteiger partial charge is 0.246 e. The topological polar surface area (TPSA) is 58.2 Å². The van der Waals surface area contributed by atoms with Crippen molar-refractivity contribution in [2.24, 2.45) is 0 Å². The van der Waals surface area contributed by atoms with Gasteiger partial charge in [-0.1, -0.05) is 0 Å². The minimum atomic E-state index is 0.0662. The highest BCUT2D eigenvalue weighted by molar-refractivity contribution is 5.75. The number of nitrogens with zero attached hydrogens (tertiary/aromatic N) is 2. The number of aromatic nitrogens is 2. The number of aryl methyl sites for hydroxylation is 1. The van der Waals surface area contributed by atoms with E-state index in [0.29, 0.717) is 19.4 Å². The standard InChI is InChI=1S/C11H17N3O2/c15-11(5-4-10-8-12-9-13-10)14-6-2-1-3-7-16-14/h8-9H,1-7H2,(H,12,13). The summed E-state index contributed by atoms with van der Waals surface area (Å²) in [5, 5.41) is 1.52. The fourth-order valence-electron chi connectivity index (χ4n) is 1.76. The van der Waals surface area contributed by atoms with Crippen molar-refractivity contribution < 1.29 is 9.63 Å². The van der Waals surface area contributed by atoms with Crippen LogP contribution in [0, 0.1) is 0 Å². The molecule has 1 aliphatic heterocycles. The molecule has 0 aromatic carbocycles. The van der Waals surface area contributed by atoms with Crippen LogP contribution < -0.4 is 0 Å². The Morgan fingerprint density at radius 2 is 2.44 bits per heavy atom. The zero-order valence-corrected chi connectivity index (χ0v) is 9.32. The third-order valence-electron chi connectivity index (χ3n) is 2.69. The molecule has 0 unspecified atom stereocenters. The summed E-state index contributed by atoms with van der Waals surface area (Å²) in [6, 6.07) is 0. The Labute approximate surface area is 94.8 Å². The van der Waals surface area contributed by atoms with Gasteiger partial charge in [0.2, 0.25) is 5.91 Å². The molecule has 2 heterocycles. The third-order valence-corrected chi connectivity index (χ3v) is 2.69. The van der Waals surface area contributed by atoms with Crippen LogP contribution in [0.25, 0.3) is 0 Å². The molecule has 1 fully saturated rings. The van der Waals surface area contributed by atoms with Crippen molar-refractivity contribution in [1.29, 1.82) is 0 Å². The number of carbonyl (C=O) groups is 1. The molecule has 5 heteroatoms. The van der Waals surface area contributed by atoms with Gasteiger partial charge in [0.1, 0.15) is 0 Å². The van der Waals surface area contributed by atoms with E-state index in [4.69, 9.17) is 4.84 Å². The van der Waals surface area contributed by atoms with Gasteiger partial charge in [-0.3, -0.25) is 9.63 Å². The number of amides is 1. The van der Waals surface area contributed by atoms with Gasteiger partial charge in [0.15, 0.2) is 0 Å². The zero-order chi connectivity index (χ0) is 11.2. The summed E-state index contributed by atoms with van der Waals surface area (Å²) in [7, 11) is 0. The Morgan fingerprint density at radius 1 is 1.50 bits per heavy atom. The van der Waals surface area contributed by atoms with Crippen LogP contribution in [-0.2, 0) is 16.1 Å². The summed E-state index contributed by atoms with van der Waals surface area (Å²) >= 11 is 0. The second-order valence-corrected chi connectivity index (χ2v) is 3.97. The Balaban J connectivity index is 1.78. The van der Waals surface area contributed by atoms with Gasteiger partial charge in [-0.2, -0.15) is 0 Å². The summed E-state index contributed by atoms with van der Waals surface area (Å²) in [5.41, 5.74) is 0.989. The van der Waals surface area contributed by atoms with E-state index in [1.807, 2.05) is 0 Å². The monoisotopic (exact) mass is 223 g/mol. The number of aromatic amines is 1. The minimum absolute atomic E-state index is 0.0662. The maximum atomic E-state index is 11.8. The van der Waals surface area contributed by atoms with Crippen molar-refractivity contribution in [3.8, 4) is 0 Å². The molecule has 1 aromatic heterocycles. The first-order valence-corrected chi connectivity index (χ1v) is 5.77. The molecule has 0 atom stereocenters. The summed E-state index contributed by atoms with van der Waals surface area (Å²) in [6.45, 7) is 1.39. The first kappa shape index (κ1) is 11.1. The average Bonchev–Trinajstić information content (AvgIpc) is 2.66. The molecular weight excluding hydrogens is 206 g/mol. The fraction of sp³-hybridized carbons (Fsp3) is 0.636. The van der Waals surface area contributed by atoms with Crippen LogP contribution in [0.3, 0.4) is 0 Å². The van der Waals surface area contributed by atoms with Crippen LogP contribution in [0.2, 0.25) is 0 Å². The van der Waals surface area contributed by atoms with E-state index < -0.39 is 0 Å². The number of rotatable bonds is 3. The van der Waals surface area contributed by atoms with Gasteiger partial charge >= 0.3 is 0 Å². The lowest BCUT2D eigenvalue weighted by atomic mass is 10.2. The third kappa shape index (κ3) is 3.06. The number of imidazole rings is 1. The lowest BCUT2D eigenvalue weighted by Gasteiger charge is -2.18. The highest BCUT2D eigenvalue weighted by Crippen LogP contribution is 2.09. The van der Waals surface area contributed by atoms with Crippen molar-refractivity contribution in [2.75, 3.05) is 13.2 Å². The Kier molecular flexibility index (Phi) is 3.93. The summed E-state index contributed by atoms with van der Waals surface area (Å²) in [6.07, 6.45) is 7.77. The van der Waals surface area contributed by atoms with E-state index in [0.717, 1.165) is 31.5 Å². The molecule has 0 saturated carbocycles. The van der Waals surface area contributed by atoms with E-state index in [-0.39, 0.29) is 5.91 Å². The van der Waals surface area contributed by atoms with Gasteiger partial charge in [-0.05, 0) is 25.7 Å². The van der Waals surface area contributed by atoms with Gasteiger partial charge in [0.25, 0.3) is 0 Å². The van der Waals surface area contributed by atoms with Gasteiger partial charge in [0, 0.05) is 24.9 Å². The van der Waals surface area contributed by atoms with E-state index in [9.17, 15) is 4.79 Å². The molecular formula is C11H17N3O2. The average molecular weight is 223 g/mol. The predicted molar refractivity (Wildman–Crippen MR) is 58.4 cm³/mol. The van der Waals surface area contributed by atoms with Crippen LogP contribution in [-0.4, -0.2) is 34.1 Å². The summed E-state index contributed by atoms with van der Waals surface area (Å²) in [4.78, 5) is 24.1. The normalized spacial score (nSPS) is 17.1. The van der Waals surface area contributed by atoms with Crippen LogP contribution in [0.5, 0.6) is 0 Å². The van der Waals surface area contributed by atoms with Crippen LogP contribution in [0.15, 0.2) is 12.5 Å². The van der Waals surface area contributed by atoms with Crippen LogP contribution >= 0.6 is 0 Å². The molecule has 16 heavy (non-hydrogen) atoms. The lowest BCUT2D eigenvalue weighted by Crippen LogP contribution is -2.31. The highest BCUT2D eigenvalue weighted by Gasteiger charge is 2.16. The van der Waals surface area contributed by atoms with Gasteiger partial charge in [-0.25, -0.2) is 10.0 Å². The molecule has 1 N–H and O–H groups in total. The van der Waals surface area contributed by atoms with E-state index in [1.165, 1.54) is 5.06 Å². The molecule has 0 bridgehead atoms. The van der Waals surface area contributed by atoms with Crippen molar-refractivity contribution in [3.63, 3.8) is 0 Å². The second-order valence-electron chi connectivity index (χ2n) is 3.97. The van der Waals surface area contributed by atoms with Gasteiger partial charge in [-0.15, -0.1) is 0 Å². The van der Waals surface area contributed by atoms with Crippen molar-refractivity contribution in [1.82, 2.24) is 15.0 Å². The maximum Gasteiger partial charge on any atom is 0.246 e. The fourth-order valence-corrected chi connectivity index (χ4v) is 1.76. The Bertz CT molecular complexity index is 316. The predicted octanol–water partition coefficient (Wildman–Crippen LogP) is 1.29. The van der Waals surface area contributed by atoms with Gasteiger partial charge < -0.3 is 4.98 Å². The number of nitrogens with one attached hydrogen (secondary N) is 1. The minimum Gasteiger partial charge on any atom is -0.348 e. The van der Waals surface area contributed by atoms with Crippen LogP contribution in [0.4, 0.5) is 0 Å². The van der Waals surface area contributed by atoms with Crippen molar-refractivity contribution in [3.05, 3.63) is 18.2 Å². The molecule has 1 saturated heterocycles. The molecule has 1 aliphatic rings. The molecule has 2 rings (SSSR count). The first-order valence-electron chi connectivity index (χ1n) is 5.77. The maximum absolute atomic E-state index is 11.8.